The van der Waals surface area contributed by atoms with Crippen molar-refractivity contribution < 1.29 is 76.6 Å². The molecule has 16 heteroatoms. The molecule has 0 aromatic carbocycles. The van der Waals surface area contributed by atoms with E-state index >= 15 is 0 Å². The van der Waals surface area contributed by atoms with Gasteiger partial charge in [0.25, 0.3) is 0 Å². The quantitative estimate of drug-likeness (QED) is 0.0549. The molecule has 0 aromatic rings. The predicted octanol–water partition coefficient (Wildman–Crippen LogP) is -3.73. The maximum Gasteiger partial charge on any atom is 1.00 e. The summed E-state index contributed by atoms with van der Waals surface area (Å²) in [5.74, 6) is 0.682. The van der Waals surface area contributed by atoms with Crippen molar-refractivity contribution in [2.75, 3.05) is 23.0 Å². The van der Waals surface area contributed by atoms with Crippen LogP contribution in [0.3, 0.4) is 0 Å². The molecule has 0 aliphatic rings. The molecule has 0 heterocycles. The molecular weight excluding hydrogens is 418 g/mol. The van der Waals surface area contributed by atoms with Gasteiger partial charge in [0.2, 0.25) is 0 Å². The van der Waals surface area contributed by atoms with Crippen LogP contribution < -0.4 is 59.1 Å². The average molecular weight is 432 g/mol. The molecular formula is C8H14N6Na2O4S4. The number of rotatable bonds is 13. The molecule has 24 heavy (non-hydrogen) atoms. The molecule has 0 saturated carbocycles. The van der Waals surface area contributed by atoms with Crippen LogP contribution in [0.4, 0.5) is 0 Å². The van der Waals surface area contributed by atoms with Crippen molar-refractivity contribution in [1.29, 1.82) is 0 Å². The summed E-state index contributed by atoms with van der Waals surface area (Å²) in [5.41, 5.74) is 16.8. The zero-order valence-electron chi connectivity index (χ0n) is 13.3. The van der Waals surface area contributed by atoms with Gasteiger partial charge < -0.3 is 9.11 Å². The van der Waals surface area contributed by atoms with Crippen molar-refractivity contribution in [1.82, 2.24) is 0 Å². The first-order valence-electron chi connectivity index (χ1n) is 5.94. The van der Waals surface area contributed by atoms with E-state index in [1.807, 2.05) is 0 Å². The van der Waals surface area contributed by atoms with Gasteiger partial charge in [-0.05, 0) is 23.9 Å². The second-order valence-corrected chi connectivity index (χ2v) is 8.46. The molecule has 0 fully saturated rings. The number of hydrogen-bond donors (Lipinski definition) is 0. The van der Waals surface area contributed by atoms with Crippen molar-refractivity contribution in [2.45, 2.75) is 24.9 Å². The molecule has 126 valence electrons. The van der Waals surface area contributed by atoms with Crippen LogP contribution in [0.5, 0.6) is 0 Å². The Morgan fingerprint density at radius 1 is 0.875 bits per heavy atom. The van der Waals surface area contributed by atoms with Crippen LogP contribution in [0.2, 0.25) is 0 Å². The van der Waals surface area contributed by atoms with Crippen molar-refractivity contribution >= 4 is 43.7 Å². The van der Waals surface area contributed by atoms with Crippen LogP contribution in [-0.4, -0.2) is 52.6 Å². The Morgan fingerprint density at radius 2 is 1.21 bits per heavy atom. The predicted molar refractivity (Wildman–Crippen MR) is 87.6 cm³/mol. The minimum absolute atomic E-state index is 0. The Bertz CT molecular complexity index is 435. The fourth-order valence-corrected chi connectivity index (χ4v) is 4.63. The van der Waals surface area contributed by atoms with E-state index in [0.717, 1.165) is 0 Å². The summed E-state index contributed by atoms with van der Waals surface area (Å²) >= 11 is -4.35. The summed E-state index contributed by atoms with van der Waals surface area (Å²) < 4.78 is 41.9. The van der Waals surface area contributed by atoms with E-state index in [4.69, 9.17) is 11.1 Å². The van der Waals surface area contributed by atoms with E-state index in [9.17, 15) is 17.5 Å². The van der Waals surface area contributed by atoms with Crippen LogP contribution in [0.25, 0.3) is 20.9 Å². The standard InChI is InChI=1S/C8H16N6O4S4.2Na/c9-13-11-7(1-3-21(15)16)5-19-20-6-8(12-14-10)2-4-22(17)18;;/h7-8H,1-6H2,(H,15,16)(H,17,18);;/q;2*+1/p-2/t7-,8-;;/m0../s1. The fraction of sp³-hybridized carbons (Fsp3) is 1.00. The monoisotopic (exact) mass is 432 g/mol. The molecule has 0 aromatic heterocycles. The molecule has 10 nitrogen and oxygen atoms in total. The topological polar surface area (TPSA) is 178 Å². The summed E-state index contributed by atoms with van der Waals surface area (Å²) in [6.07, 6.45) is 0.478. The van der Waals surface area contributed by atoms with Gasteiger partial charge in [0, 0.05) is 44.9 Å². The van der Waals surface area contributed by atoms with Gasteiger partial charge in [-0.15, -0.1) is 0 Å². The number of nitrogens with zero attached hydrogens (tertiary/aromatic N) is 6. The Hall–Kier alpha value is 1.54. The van der Waals surface area contributed by atoms with Crippen molar-refractivity contribution in [3.63, 3.8) is 0 Å². The molecule has 0 N–H and O–H groups in total. The van der Waals surface area contributed by atoms with E-state index < -0.39 is 34.2 Å². The Kier molecular flexibility index (Phi) is 26.3. The van der Waals surface area contributed by atoms with Gasteiger partial charge >= 0.3 is 59.1 Å². The maximum atomic E-state index is 10.5. The largest absolute Gasteiger partial charge is 1.00 e. The van der Waals surface area contributed by atoms with E-state index in [0.29, 0.717) is 11.5 Å². The maximum absolute atomic E-state index is 10.5. The molecule has 0 rings (SSSR count). The normalized spacial score (nSPS) is 14.6. The molecule has 0 radical (unpaired) electrons. The first-order valence-corrected chi connectivity index (χ1v) is 10.9. The minimum atomic E-state index is -2.18. The Balaban J connectivity index is -0.00000220. The molecule has 0 amide bonds. The van der Waals surface area contributed by atoms with Gasteiger partial charge in [0.05, 0.1) is 0 Å². The summed E-state index contributed by atoms with van der Waals surface area (Å²) in [6, 6.07) is -0.875. The smallest absolute Gasteiger partial charge is 0.772 e. The van der Waals surface area contributed by atoms with Crippen molar-refractivity contribution in [3.05, 3.63) is 20.9 Å². The molecule has 0 aliphatic carbocycles. The van der Waals surface area contributed by atoms with Gasteiger partial charge in [-0.3, -0.25) is 8.42 Å². The summed E-state index contributed by atoms with van der Waals surface area (Å²) in [5, 5.41) is 7.04. The van der Waals surface area contributed by atoms with Gasteiger partial charge in [0.1, 0.15) is 0 Å². The number of azide groups is 2. The average Bonchev–Trinajstić information content (AvgIpc) is 2.46. The second kappa shape index (κ2) is 20.8. The van der Waals surface area contributed by atoms with Crippen LogP contribution in [0.15, 0.2) is 10.2 Å². The van der Waals surface area contributed by atoms with Gasteiger partial charge in [-0.1, -0.05) is 54.0 Å². The first kappa shape index (κ1) is 30.3. The second-order valence-electron chi connectivity index (χ2n) is 3.88. The number of hydrogen-bond acceptors (Lipinski definition) is 8. The van der Waals surface area contributed by atoms with Gasteiger partial charge in [0.15, 0.2) is 0 Å². The fourth-order valence-electron chi connectivity index (χ4n) is 1.21. The van der Waals surface area contributed by atoms with E-state index in [-0.39, 0.29) is 83.5 Å². The third-order valence-electron chi connectivity index (χ3n) is 2.27. The van der Waals surface area contributed by atoms with Crippen LogP contribution in [-0.2, 0) is 22.2 Å². The first-order chi connectivity index (χ1) is 10.5. The third kappa shape index (κ3) is 19.9. The van der Waals surface area contributed by atoms with Crippen molar-refractivity contribution in [2.24, 2.45) is 10.2 Å². The zero-order valence-corrected chi connectivity index (χ0v) is 20.6. The summed E-state index contributed by atoms with van der Waals surface area (Å²) in [6.45, 7) is 0. The molecule has 0 aliphatic heterocycles. The van der Waals surface area contributed by atoms with E-state index in [2.05, 4.69) is 20.1 Å². The SMILES string of the molecule is [N-]=[N+]=N[C@@H](CCS(=O)[O-])CSSC[C@H](CCS(=O)[O-])N=[N+]=[N-].[Na+].[Na+]. The van der Waals surface area contributed by atoms with Crippen LogP contribution in [0.1, 0.15) is 12.8 Å². The van der Waals surface area contributed by atoms with Crippen LogP contribution >= 0.6 is 21.6 Å². The molecule has 0 spiro atoms. The van der Waals surface area contributed by atoms with E-state index in [1.54, 1.807) is 0 Å². The summed E-state index contributed by atoms with van der Waals surface area (Å²) in [7, 11) is 2.71. The van der Waals surface area contributed by atoms with Crippen molar-refractivity contribution in [3.8, 4) is 0 Å². The zero-order chi connectivity index (χ0) is 16.8. The molecule has 2 unspecified atom stereocenters. The Morgan fingerprint density at radius 3 is 1.46 bits per heavy atom. The molecule has 0 saturated heterocycles. The van der Waals surface area contributed by atoms with Gasteiger partial charge in [-0.2, -0.15) is 0 Å². The minimum Gasteiger partial charge on any atom is -0.772 e. The van der Waals surface area contributed by atoms with Gasteiger partial charge in [-0.25, -0.2) is 0 Å². The van der Waals surface area contributed by atoms with Crippen LogP contribution in [0, 0.1) is 0 Å². The molecule has 4 atom stereocenters. The van der Waals surface area contributed by atoms with E-state index in [1.165, 1.54) is 21.6 Å². The summed E-state index contributed by atoms with van der Waals surface area (Å²) in [4.78, 5) is 5.34. The third-order valence-corrected chi connectivity index (χ3v) is 5.93. The molecule has 0 bridgehead atoms. The Labute approximate surface area is 197 Å².